The van der Waals surface area contributed by atoms with Gasteiger partial charge in [-0.05, 0) is 26.3 Å². The van der Waals surface area contributed by atoms with Gasteiger partial charge < -0.3 is 15.8 Å². The van der Waals surface area contributed by atoms with E-state index in [0.717, 1.165) is 18.4 Å². The fourth-order valence-electron chi connectivity index (χ4n) is 1.90. The van der Waals surface area contributed by atoms with Crippen molar-refractivity contribution in [1.29, 1.82) is 0 Å². The Bertz CT molecular complexity index is 407. The number of ether oxygens (including phenoxy) is 1. The molecule has 3 N–H and O–H groups in total. The van der Waals surface area contributed by atoms with E-state index in [4.69, 9.17) is 10.5 Å². The maximum atomic E-state index is 12.0. The van der Waals surface area contributed by atoms with Gasteiger partial charge in [0.15, 0.2) is 6.10 Å². The fraction of sp³-hybridized carbons (Fsp3) is 0.533. The first-order valence-electron chi connectivity index (χ1n) is 6.83. The molecule has 1 aromatic rings. The van der Waals surface area contributed by atoms with E-state index in [2.05, 4.69) is 12.2 Å². The Balaban J connectivity index is 2.58. The molecule has 2 unspecified atom stereocenters. The number of para-hydroxylation sites is 1. The molecular formula is C15H24N2O2. The van der Waals surface area contributed by atoms with Gasteiger partial charge in [0.1, 0.15) is 5.75 Å². The monoisotopic (exact) mass is 264 g/mol. The SMILES string of the molecule is CCCC(C)NC(=O)C(C)Oc1ccccc1CN. The van der Waals surface area contributed by atoms with Crippen LogP contribution >= 0.6 is 0 Å². The van der Waals surface area contributed by atoms with E-state index < -0.39 is 6.10 Å². The molecule has 106 valence electrons. The minimum absolute atomic E-state index is 0.0900. The first-order chi connectivity index (χ1) is 9.08. The van der Waals surface area contributed by atoms with Gasteiger partial charge in [-0.25, -0.2) is 0 Å². The highest BCUT2D eigenvalue weighted by Gasteiger charge is 2.17. The molecule has 0 radical (unpaired) electrons. The van der Waals surface area contributed by atoms with E-state index in [-0.39, 0.29) is 11.9 Å². The average Bonchev–Trinajstić information content (AvgIpc) is 2.39. The lowest BCUT2D eigenvalue weighted by Gasteiger charge is -2.19. The Kier molecular flexibility index (Phi) is 6.36. The first kappa shape index (κ1) is 15.5. The van der Waals surface area contributed by atoms with Crippen molar-refractivity contribution in [2.24, 2.45) is 5.73 Å². The quantitative estimate of drug-likeness (QED) is 0.793. The minimum Gasteiger partial charge on any atom is -0.481 e. The van der Waals surface area contributed by atoms with Gasteiger partial charge in [0.05, 0.1) is 0 Å². The first-order valence-corrected chi connectivity index (χ1v) is 6.83. The number of nitrogens with two attached hydrogens (primary N) is 1. The van der Waals surface area contributed by atoms with Crippen molar-refractivity contribution >= 4 is 5.91 Å². The van der Waals surface area contributed by atoms with E-state index in [1.165, 1.54) is 0 Å². The fourth-order valence-corrected chi connectivity index (χ4v) is 1.90. The highest BCUT2D eigenvalue weighted by molar-refractivity contribution is 5.81. The second kappa shape index (κ2) is 7.79. The van der Waals surface area contributed by atoms with E-state index in [9.17, 15) is 4.79 Å². The number of benzene rings is 1. The molecule has 1 amide bonds. The lowest BCUT2D eigenvalue weighted by molar-refractivity contribution is -0.127. The number of carbonyl (C=O) groups excluding carboxylic acids is 1. The standard InChI is InChI=1S/C15H24N2O2/c1-4-7-11(2)17-15(18)12(3)19-14-9-6-5-8-13(14)10-16/h5-6,8-9,11-12H,4,7,10,16H2,1-3H3,(H,17,18). The molecule has 1 aromatic carbocycles. The van der Waals surface area contributed by atoms with Crippen molar-refractivity contribution in [1.82, 2.24) is 5.32 Å². The van der Waals surface area contributed by atoms with Crippen LogP contribution in [0.4, 0.5) is 0 Å². The van der Waals surface area contributed by atoms with Gasteiger partial charge in [-0.15, -0.1) is 0 Å². The predicted molar refractivity (Wildman–Crippen MR) is 76.9 cm³/mol. The Labute approximate surface area is 115 Å². The lowest BCUT2D eigenvalue weighted by atomic mass is 10.2. The summed E-state index contributed by atoms with van der Waals surface area (Å²) in [6.45, 7) is 6.25. The van der Waals surface area contributed by atoms with Crippen LogP contribution in [-0.2, 0) is 11.3 Å². The molecule has 1 rings (SSSR count). The molecule has 4 heteroatoms. The summed E-state index contributed by atoms with van der Waals surface area (Å²) in [5, 5.41) is 2.94. The van der Waals surface area contributed by atoms with Gasteiger partial charge in [0, 0.05) is 18.2 Å². The number of nitrogens with one attached hydrogen (secondary N) is 1. The molecule has 0 aliphatic rings. The lowest BCUT2D eigenvalue weighted by Crippen LogP contribution is -2.41. The molecule has 0 aliphatic carbocycles. The largest absolute Gasteiger partial charge is 0.481 e. The van der Waals surface area contributed by atoms with Gasteiger partial charge in [0.25, 0.3) is 5.91 Å². The zero-order valence-electron chi connectivity index (χ0n) is 12.0. The van der Waals surface area contributed by atoms with Crippen LogP contribution in [0.25, 0.3) is 0 Å². The van der Waals surface area contributed by atoms with Crippen molar-refractivity contribution < 1.29 is 9.53 Å². The molecular weight excluding hydrogens is 240 g/mol. The Hall–Kier alpha value is -1.55. The van der Waals surface area contributed by atoms with E-state index >= 15 is 0 Å². The van der Waals surface area contributed by atoms with Gasteiger partial charge in [-0.3, -0.25) is 4.79 Å². The zero-order valence-corrected chi connectivity index (χ0v) is 12.0. The molecule has 4 nitrogen and oxygen atoms in total. The molecule has 0 heterocycles. The van der Waals surface area contributed by atoms with E-state index in [0.29, 0.717) is 12.3 Å². The van der Waals surface area contributed by atoms with Crippen molar-refractivity contribution in [3.8, 4) is 5.75 Å². The van der Waals surface area contributed by atoms with Crippen LogP contribution in [0, 0.1) is 0 Å². The number of carbonyl (C=O) groups is 1. The number of rotatable bonds is 7. The van der Waals surface area contributed by atoms with Gasteiger partial charge >= 0.3 is 0 Å². The summed E-state index contributed by atoms with van der Waals surface area (Å²) in [7, 11) is 0. The van der Waals surface area contributed by atoms with E-state index in [1.54, 1.807) is 6.92 Å². The third kappa shape index (κ3) is 4.91. The summed E-state index contributed by atoms with van der Waals surface area (Å²) in [5.41, 5.74) is 6.55. The third-order valence-electron chi connectivity index (χ3n) is 2.98. The van der Waals surface area contributed by atoms with Gasteiger partial charge in [0.2, 0.25) is 0 Å². The summed E-state index contributed by atoms with van der Waals surface area (Å²) >= 11 is 0. The smallest absolute Gasteiger partial charge is 0.260 e. The van der Waals surface area contributed by atoms with E-state index in [1.807, 2.05) is 31.2 Å². The second-order valence-electron chi connectivity index (χ2n) is 4.77. The molecule has 0 spiro atoms. The molecule has 0 saturated heterocycles. The Morgan fingerprint density at radius 2 is 2.05 bits per heavy atom. The minimum atomic E-state index is -0.521. The van der Waals surface area contributed by atoms with Crippen LogP contribution in [-0.4, -0.2) is 18.1 Å². The summed E-state index contributed by atoms with van der Waals surface area (Å²) in [4.78, 5) is 12.0. The molecule has 0 aromatic heterocycles. The highest BCUT2D eigenvalue weighted by atomic mass is 16.5. The zero-order chi connectivity index (χ0) is 14.3. The molecule has 0 bridgehead atoms. The summed E-state index contributed by atoms with van der Waals surface area (Å²) in [6.07, 6.45) is 1.50. The topological polar surface area (TPSA) is 64.3 Å². The Morgan fingerprint density at radius 3 is 2.68 bits per heavy atom. The van der Waals surface area contributed by atoms with Crippen LogP contribution < -0.4 is 15.8 Å². The van der Waals surface area contributed by atoms with Crippen molar-refractivity contribution in [2.45, 2.75) is 52.3 Å². The van der Waals surface area contributed by atoms with Gasteiger partial charge in [-0.2, -0.15) is 0 Å². The van der Waals surface area contributed by atoms with Crippen molar-refractivity contribution in [3.05, 3.63) is 29.8 Å². The van der Waals surface area contributed by atoms with Crippen molar-refractivity contribution in [2.75, 3.05) is 0 Å². The maximum absolute atomic E-state index is 12.0. The molecule has 0 fully saturated rings. The second-order valence-corrected chi connectivity index (χ2v) is 4.77. The summed E-state index contributed by atoms with van der Waals surface area (Å²) in [5.74, 6) is 0.587. The summed E-state index contributed by atoms with van der Waals surface area (Å²) in [6, 6.07) is 7.69. The van der Waals surface area contributed by atoms with Gasteiger partial charge in [-0.1, -0.05) is 31.5 Å². The van der Waals surface area contributed by atoms with Crippen LogP contribution in [0.3, 0.4) is 0 Å². The Morgan fingerprint density at radius 1 is 1.37 bits per heavy atom. The number of amides is 1. The van der Waals surface area contributed by atoms with Crippen LogP contribution in [0.5, 0.6) is 5.75 Å². The van der Waals surface area contributed by atoms with Crippen LogP contribution in [0.15, 0.2) is 24.3 Å². The third-order valence-corrected chi connectivity index (χ3v) is 2.98. The summed E-state index contributed by atoms with van der Waals surface area (Å²) < 4.78 is 5.69. The molecule has 0 aliphatic heterocycles. The molecule has 2 atom stereocenters. The molecule has 0 saturated carbocycles. The highest BCUT2D eigenvalue weighted by Crippen LogP contribution is 2.18. The maximum Gasteiger partial charge on any atom is 0.260 e. The predicted octanol–water partition coefficient (Wildman–Crippen LogP) is 2.22. The van der Waals surface area contributed by atoms with Crippen LogP contribution in [0.1, 0.15) is 39.2 Å². The average molecular weight is 264 g/mol. The van der Waals surface area contributed by atoms with Crippen molar-refractivity contribution in [3.63, 3.8) is 0 Å². The number of hydrogen-bond donors (Lipinski definition) is 2. The molecule has 19 heavy (non-hydrogen) atoms. The van der Waals surface area contributed by atoms with Crippen LogP contribution in [0.2, 0.25) is 0 Å². The number of hydrogen-bond acceptors (Lipinski definition) is 3. The normalized spacial score (nSPS) is 13.7.